The number of aryl methyl sites for hydroxylation is 2. The molecule has 0 radical (unpaired) electrons. The first-order valence-electron chi connectivity index (χ1n) is 7.70. The first-order valence-corrected chi connectivity index (χ1v) is 7.70. The SMILES string of the molecule is Cc1ccc(C(CN)N(C)C2CCCN(C)C2)cc1C. The van der Waals surface area contributed by atoms with E-state index < -0.39 is 0 Å². The maximum atomic E-state index is 6.08. The smallest absolute Gasteiger partial charge is 0.0470 e. The van der Waals surface area contributed by atoms with Gasteiger partial charge in [-0.1, -0.05) is 18.2 Å². The van der Waals surface area contributed by atoms with E-state index in [2.05, 4.69) is 55.9 Å². The van der Waals surface area contributed by atoms with Crippen LogP contribution in [-0.2, 0) is 0 Å². The summed E-state index contributed by atoms with van der Waals surface area (Å²) in [5, 5.41) is 0. The van der Waals surface area contributed by atoms with Gasteiger partial charge in [-0.25, -0.2) is 0 Å². The lowest BCUT2D eigenvalue weighted by molar-refractivity contribution is 0.101. The molecule has 0 amide bonds. The number of rotatable bonds is 4. The molecule has 20 heavy (non-hydrogen) atoms. The van der Waals surface area contributed by atoms with E-state index in [-0.39, 0.29) is 0 Å². The molecule has 1 aliphatic rings. The van der Waals surface area contributed by atoms with Gasteiger partial charge in [0.25, 0.3) is 0 Å². The minimum atomic E-state index is 0.325. The number of likely N-dealkylation sites (N-methyl/N-ethyl adjacent to an activating group) is 2. The molecule has 0 bridgehead atoms. The third kappa shape index (κ3) is 3.40. The molecule has 1 saturated heterocycles. The summed E-state index contributed by atoms with van der Waals surface area (Å²) < 4.78 is 0. The lowest BCUT2D eigenvalue weighted by Crippen LogP contribution is -2.47. The molecule has 2 rings (SSSR count). The summed E-state index contributed by atoms with van der Waals surface area (Å²) in [6.07, 6.45) is 2.57. The molecule has 1 aliphatic heterocycles. The van der Waals surface area contributed by atoms with Crippen LogP contribution in [0.4, 0.5) is 0 Å². The molecule has 2 unspecified atom stereocenters. The minimum absolute atomic E-state index is 0.325. The fraction of sp³-hybridized carbons (Fsp3) is 0.647. The van der Waals surface area contributed by atoms with Crippen molar-refractivity contribution in [2.45, 2.75) is 38.8 Å². The summed E-state index contributed by atoms with van der Waals surface area (Å²) in [4.78, 5) is 4.92. The molecule has 3 nitrogen and oxygen atoms in total. The summed E-state index contributed by atoms with van der Waals surface area (Å²) in [7, 11) is 4.45. The number of hydrogen-bond donors (Lipinski definition) is 1. The molecule has 2 atom stereocenters. The monoisotopic (exact) mass is 275 g/mol. The van der Waals surface area contributed by atoms with Gasteiger partial charge in [0.2, 0.25) is 0 Å². The highest BCUT2D eigenvalue weighted by atomic mass is 15.2. The highest BCUT2D eigenvalue weighted by Crippen LogP contribution is 2.25. The lowest BCUT2D eigenvalue weighted by atomic mass is 9.97. The predicted octanol–water partition coefficient (Wildman–Crippen LogP) is 2.33. The average molecular weight is 275 g/mol. The fourth-order valence-electron chi connectivity index (χ4n) is 3.24. The molecule has 1 aromatic carbocycles. The summed E-state index contributed by atoms with van der Waals surface area (Å²) >= 11 is 0. The van der Waals surface area contributed by atoms with Gasteiger partial charge in [0.05, 0.1) is 0 Å². The van der Waals surface area contributed by atoms with Crippen molar-refractivity contribution in [3.63, 3.8) is 0 Å². The zero-order valence-electron chi connectivity index (χ0n) is 13.4. The Morgan fingerprint density at radius 2 is 2.10 bits per heavy atom. The van der Waals surface area contributed by atoms with Crippen LogP contribution in [0.1, 0.15) is 35.6 Å². The van der Waals surface area contributed by atoms with Gasteiger partial charge < -0.3 is 10.6 Å². The Morgan fingerprint density at radius 3 is 2.70 bits per heavy atom. The standard InChI is InChI=1S/C17H29N3/c1-13-7-8-15(10-14(13)2)17(11-18)20(4)16-6-5-9-19(3)12-16/h7-8,10,16-17H,5-6,9,11-12,18H2,1-4H3. The lowest BCUT2D eigenvalue weighted by Gasteiger charge is -2.40. The van der Waals surface area contributed by atoms with E-state index >= 15 is 0 Å². The van der Waals surface area contributed by atoms with Crippen molar-refractivity contribution in [2.24, 2.45) is 5.73 Å². The van der Waals surface area contributed by atoms with E-state index in [0.29, 0.717) is 18.6 Å². The number of nitrogens with zero attached hydrogens (tertiary/aromatic N) is 2. The molecule has 1 heterocycles. The zero-order chi connectivity index (χ0) is 14.7. The topological polar surface area (TPSA) is 32.5 Å². The van der Waals surface area contributed by atoms with E-state index in [1.54, 1.807) is 0 Å². The van der Waals surface area contributed by atoms with E-state index in [0.717, 1.165) is 6.54 Å². The first-order chi connectivity index (χ1) is 9.52. The largest absolute Gasteiger partial charge is 0.329 e. The van der Waals surface area contributed by atoms with Crippen LogP contribution in [0.15, 0.2) is 18.2 Å². The van der Waals surface area contributed by atoms with Crippen LogP contribution in [0, 0.1) is 13.8 Å². The van der Waals surface area contributed by atoms with E-state index in [4.69, 9.17) is 5.73 Å². The normalized spacial score (nSPS) is 22.2. The van der Waals surface area contributed by atoms with Gasteiger partial charge in [-0.3, -0.25) is 4.90 Å². The highest BCUT2D eigenvalue weighted by Gasteiger charge is 2.26. The third-order valence-corrected chi connectivity index (χ3v) is 4.81. The molecule has 2 N–H and O–H groups in total. The van der Waals surface area contributed by atoms with Crippen molar-refractivity contribution in [3.05, 3.63) is 34.9 Å². The van der Waals surface area contributed by atoms with Gasteiger partial charge >= 0.3 is 0 Å². The zero-order valence-corrected chi connectivity index (χ0v) is 13.4. The Balaban J connectivity index is 2.15. The third-order valence-electron chi connectivity index (χ3n) is 4.81. The van der Waals surface area contributed by atoms with Crippen LogP contribution in [0.5, 0.6) is 0 Å². The molecule has 0 aliphatic carbocycles. The van der Waals surface area contributed by atoms with Crippen LogP contribution in [0.3, 0.4) is 0 Å². The van der Waals surface area contributed by atoms with Gasteiger partial charge in [0.15, 0.2) is 0 Å². The average Bonchev–Trinajstić information content (AvgIpc) is 2.43. The van der Waals surface area contributed by atoms with Crippen LogP contribution >= 0.6 is 0 Å². The van der Waals surface area contributed by atoms with Crippen molar-refractivity contribution in [1.29, 1.82) is 0 Å². The van der Waals surface area contributed by atoms with Crippen molar-refractivity contribution < 1.29 is 0 Å². The quantitative estimate of drug-likeness (QED) is 0.915. The number of nitrogens with two attached hydrogens (primary N) is 1. The highest BCUT2D eigenvalue weighted by molar-refractivity contribution is 5.32. The van der Waals surface area contributed by atoms with Gasteiger partial charge in [-0.2, -0.15) is 0 Å². The second-order valence-electron chi connectivity index (χ2n) is 6.32. The van der Waals surface area contributed by atoms with Gasteiger partial charge in [-0.15, -0.1) is 0 Å². The summed E-state index contributed by atoms with van der Waals surface area (Å²) in [5.41, 5.74) is 10.1. The Bertz CT molecular complexity index is 444. The summed E-state index contributed by atoms with van der Waals surface area (Å²) in [6.45, 7) is 7.40. The fourth-order valence-corrected chi connectivity index (χ4v) is 3.24. The van der Waals surface area contributed by atoms with Crippen molar-refractivity contribution >= 4 is 0 Å². The molecule has 0 spiro atoms. The second-order valence-corrected chi connectivity index (χ2v) is 6.32. The molecule has 0 aromatic heterocycles. The first kappa shape index (κ1) is 15.5. The Kier molecular flexibility index (Phi) is 5.19. The number of benzene rings is 1. The van der Waals surface area contributed by atoms with Crippen molar-refractivity contribution in [3.8, 4) is 0 Å². The van der Waals surface area contributed by atoms with Gasteiger partial charge in [0.1, 0.15) is 0 Å². The number of hydrogen-bond acceptors (Lipinski definition) is 3. The predicted molar refractivity (Wildman–Crippen MR) is 86.0 cm³/mol. The number of piperidine rings is 1. The molecule has 1 aromatic rings. The van der Waals surface area contributed by atoms with Gasteiger partial charge in [0, 0.05) is 25.2 Å². The van der Waals surface area contributed by atoms with Crippen LogP contribution in [0.25, 0.3) is 0 Å². The van der Waals surface area contributed by atoms with Crippen LogP contribution in [0.2, 0.25) is 0 Å². The molecular weight excluding hydrogens is 246 g/mol. The summed E-state index contributed by atoms with van der Waals surface area (Å²) in [6, 6.07) is 7.70. The second kappa shape index (κ2) is 6.70. The maximum absolute atomic E-state index is 6.08. The summed E-state index contributed by atoms with van der Waals surface area (Å²) in [5.74, 6) is 0. The molecular formula is C17H29N3. The van der Waals surface area contributed by atoms with Crippen LogP contribution in [-0.4, -0.2) is 49.6 Å². The van der Waals surface area contributed by atoms with Crippen LogP contribution < -0.4 is 5.73 Å². The van der Waals surface area contributed by atoms with Crippen molar-refractivity contribution in [1.82, 2.24) is 9.80 Å². The minimum Gasteiger partial charge on any atom is -0.329 e. The van der Waals surface area contributed by atoms with E-state index in [9.17, 15) is 0 Å². The van der Waals surface area contributed by atoms with Crippen molar-refractivity contribution in [2.75, 3.05) is 33.7 Å². The van der Waals surface area contributed by atoms with Gasteiger partial charge in [-0.05, 0) is 64.0 Å². The molecule has 112 valence electrons. The molecule has 0 saturated carbocycles. The Labute approximate surface area is 123 Å². The Morgan fingerprint density at radius 1 is 1.35 bits per heavy atom. The molecule has 1 fully saturated rings. The molecule has 3 heteroatoms. The number of likely N-dealkylation sites (tertiary alicyclic amines) is 1. The maximum Gasteiger partial charge on any atom is 0.0470 e. The Hall–Kier alpha value is -0.900. The van der Waals surface area contributed by atoms with E-state index in [1.165, 1.54) is 36.1 Å². The van der Waals surface area contributed by atoms with E-state index in [1.807, 2.05) is 0 Å².